The highest BCUT2D eigenvalue weighted by Crippen LogP contribution is 2.30. The number of nitrogens with zero attached hydrogens (tertiary/aromatic N) is 1. The lowest BCUT2D eigenvalue weighted by Crippen LogP contribution is -2.45. The average molecular weight is 299 g/mol. The quantitative estimate of drug-likeness (QED) is 0.795. The van der Waals surface area contributed by atoms with Crippen molar-refractivity contribution in [3.8, 4) is 0 Å². The van der Waals surface area contributed by atoms with Crippen molar-refractivity contribution in [3.63, 3.8) is 0 Å². The largest absolute Gasteiger partial charge is 0.480 e. The molecule has 0 saturated carbocycles. The normalized spacial score (nSPS) is 21.4. The highest BCUT2D eigenvalue weighted by atomic mass is 16.4. The fraction of sp³-hybridized carbons (Fsp3) is 0.412. The number of carboxylic acids is 1. The Balaban J connectivity index is 1.95. The van der Waals surface area contributed by atoms with E-state index in [9.17, 15) is 9.90 Å². The second-order valence-electron chi connectivity index (χ2n) is 6.83. The number of aliphatic carboxylic acids is 1. The van der Waals surface area contributed by atoms with Crippen LogP contribution in [0.15, 0.2) is 30.6 Å². The van der Waals surface area contributed by atoms with Gasteiger partial charge in [-0.15, -0.1) is 0 Å². The number of hydrogen-bond acceptors (Lipinski definition) is 3. The summed E-state index contributed by atoms with van der Waals surface area (Å²) in [6, 6.07) is 7.54. The van der Waals surface area contributed by atoms with E-state index in [-0.39, 0.29) is 11.5 Å². The summed E-state index contributed by atoms with van der Waals surface area (Å²) in [5.41, 5.74) is 4.17. The Morgan fingerprint density at radius 1 is 1.27 bits per heavy atom. The molecule has 2 aromatic rings. The van der Waals surface area contributed by atoms with E-state index in [0.717, 1.165) is 17.0 Å². The van der Waals surface area contributed by atoms with Crippen LogP contribution >= 0.6 is 0 Å². The Bertz CT molecular complexity index is 683. The molecule has 2 atom stereocenters. The van der Waals surface area contributed by atoms with E-state index in [4.69, 9.17) is 0 Å². The minimum Gasteiger partial charge on any atom is -0.480 e. The molecule has 1 aromatic heterocycles. The van der Waals surface area contributed by atoms with Crippen LogP contribution in [-0.4, -0.2) is 27.1 Å². The van der Waals surface area contributed by atoms with Gasteiger partial charge in [-0.05, 0) is 16.5 Å². The summed E-state index contributed by atoms with van der Waals surface area (Å²) < 4.78 is 0. The summed E-state index contributed by atoms with van der Waals surface area (Å²) in [7, 11) is 0. The molecule has 0 fully saturated rings. The van der Waals surface area contributed by atoms with Crippen LogP contribution in [-0.2, 0) is 16.6 Å². The zero-order valence-electron chi connectivity index (χ0n) is 13.1. The third-order valence-electron chi connectivity index (χ3n) is 4.21. The second kappa shape index (κ2) is 5.25. The minimum absolute atomic E-state index is 0.0968. The third kappa shape index (κ3) is 2.64. The van der Waals surface area contributed by atoms with E-state index in [2.05, 4.69) is 60.3 Å². The first kappa shape index (κ1) is 14.8. The Hall–Kier alpha value is -2.14. The summed E-state index contributed by atoms with van der Waals surface area (Å²) in [6.07, 6.45) is 2.06. The van der Waals surface area contributed by atoms with Crippen molar-refractivity contribution in [2.24, 2.45) is 0 Å². The zero-order valence-corrected chi connectivity index (χ0v) is 13.1. The number of aromatic nitrogens is 2. The Morgan fingerprint density at radius 2 is 1.95 bits per heavy atom. The van der Waals surface area contributed by atoms with E-state index in [1.807, 2.05) is 0 Å². The fourth-order valence-electron chi connectivity index (χ4n) is 2.88. The molecular weight excluding hydrogens is 278 g/mol. The lowest BCUT2D eigenvalue weighted by molar-refractivity contribution is -0.139. The van der Waals surface area contributed by atoms with Crippen molar-refractivity contribution < 1.29 is 9.90 Å². The molecule has 0 saturated heterocycles. The molecule has 3 rings (SSSR count). The number of rotatable bonds is 2. The number of H-pyrrole nitrogens is 1. The van der Waals surface area contributed by atoms with Crippen LogP contribution in [0.4, 0.5) is 0 Å². The molecule has 1 aliphatic rings. The Kier molecular flexibility index (Phi) is 3.53. The van der Waals surface area contributed by atoms with Crippen LogP contribution in [0, 0.1) is 0 Å². The van der Waals surface area contributed by atoms with Gasteiger partial charge in [0, 0.05) is 12.1 Å². The van der Waals surface area contributed by atoms with Crippen LogP contribution in [0.2, 0.25) is 0 Å². The van der Waals surface area contributed by atoms with E-state index in [1.54, 1.807) is 6.33 Å². The smallest absolute Gasteiger partial charge is 0.321 e. The average Bonchev–Trinajstić information content (AvgIpc) is 2.93. The number of carbonyl (C=O) groups is 1. The van der Waals surface area contributed by atoms with Gasteiger partial charge in [0.2, 0.25) is 0 Å². The SMILES string of the molecule is CC(C)(C)c1ccc([C@H]2N[C@H](C(=O)O)Cc3[nH]cnc32)cc1. The Labute approximate surface area is 129 Å². The monoisotopic (exact) mass is 299 g/mol. The molecule has 0 radical (unpaired) electrons. The molecule has 1 aromatic carbocycles. The summed E-state index contributed by atoms with van der Waals surface area (Å²) in [6.45, 7) is 6.52. The maximum Gasteiger partial charge on any atom is 0.321 e. The molecule has 2 heterocycles. The van der Waals surface area contributed by atoms with Crippen molar-refractivity contribution in [2.45, 2.75) is 44.7 Å². The maximum atomic E-state index is 11.4. The van der Waals surface area contributed by atoms with Crippen LogP contribution in [0.25, 0.3) is 0 Å². The maximum absolute atomic E-state index is 11.4. The predicted octanol–water partition coefficient (Wildman–Crippen LogP) is 2.40. The van der Waals surface area contributed by atoms with Gasteiger partial charge in [-0.3, -0.25) is 10.1 Å². The van der Waals surface area contributed by atoms with Gasteiger partial charge in [0.1, 0.15) is 6.04 Å². The van der Waals surface area contributed by atoms with Crippen LogP contribution in [0.5, 0.6) is 0 Å². The highest BCUT2D eigenvalue weighted by Gasteiger charge is 2.33. The van der Waals surface area contributed by atoms with Crippen molar-refractivity contribution in [3.05, 3.63) is 53.1 Å². The van der Waals surface area contributed by atoms with E-state index >= 15 is 0 Å². The summed E-state index contributed by atoms with van der Waals surface area (Å²) in [5.74, 6) is -0.837. The van der Waals surface area contributed by atoms with E-state index in [0.29, 0.717) is 6.42 Å². The lowest BCUT2D eigenvalue weighted by Gasteiger charge is -2.29. The molecule has 3 N–H and O–H groups in total. The van der Waals surface area contributed by atoms with Crippen molar-refractivity contribution in [1.29, 1.82) is 0 Å². The lowest BCUT2D eigenvalue weighted by atomic mass is 9.85. The van der Waals surface area contributed by atoms with Gasteiger partial charge in [-0.1, -0.05) is 45.0 Å². The first-order chi connectivity index (χ1) is 10.4. The first-order valence-corrected chi connectivity index (χ1v) is 7.47. The summed E-state index contributed by atoms with van der Waals surface area (Å²) >= 11 is 0. The van der Waals surface area contributed by atoms with Gasteiger partial charge >= 0.3 is 5.97 Å². The predicted molar refractivity (Wildman–Crippen MR) is 83.8 cm³/mol. The van der Waals surface area contributed by atoms with Gasteiger partial charge in [-0.2, -0.15) is 0 Å². The van der Waals surface area contributed by atoms with Gasteiger partial charge in [-0.25, -0.2) is 4.98 Å². The number of imidazole rings is 1. The molecule has 22 heavy (non-hydrogen) atoms. The topological polar surface area (TPSA) is 78.0 Å². The van der Waals surface area contributed by atoms with Gasteiger partial charge < -0.3 is 10.1 Å². The second-order valence-corrected chi connectivity index (χ2v) is 6.83. The molecule has 5 heteroatoms. The number of benzene rings is 1. The molecule has 1 aliphatic heterocycles. The molecule has 116 valence electrons. The fourth-order valence-corrected chi connectivity index (χ4v) is 2.88. The van der Waals surface area contributed by atoms with E-state index in [1.165, 1.54) is 5.56 Å². The standard InChI is InChI=1S/C17H21N3O2/c1-17(2,3)11-6-4-10(5-7-11)14-15-12(18-9-19-15)8-13(20-14)16(21)22/h4-7,9,13-14,20H,8H2,1-3H3,(H,18,19)(H,21,22)/t13-,14+/m0/s1. The van der Waals surface area contributed by atoms with E-state index < -0.39 is 12.0 Å². The summed E-state index contributed by atoms with van der Waals surface area (Å²) in [5, 5.41) is 12.5. The number of nitrogens with one attached hydrogen (secondary N) is 2. The van der Waals surface area contributed by atoms with Gasteiger partial charge in [0.15, 0.2) is 0 Å². The molecular formula is C17H21N3O2. The van der Waals surface area contributed by atoms with Gasteiger partial charge in [0.25, 0.3) is 0 Å². The molecule has 0 unspecified atom stereocenters. The molecule has 0 amide bonds. The number of fused-ring (bicyclic) bond motifs is 1. The third-order valence-corrected chi connectivity index (χ3v) is 4.21. The number of aromatic amines is 1. The van der Waals surface area contributed by atoms with Crippen molar-refractivity contribution in [1.82, 2.24) is 15.3 Å². The number of carboxylic acid groups (broad SMARTS) is 1. The molecule has 0 spiro atoms. The Morgan fingerprint density at radius 3 is 2.55 bits per heavy atom. The van der Waals surface area contributed by atoms with Crippen LogP contribution < -0.4 is 5.32 Å². The first-order valence-electron chi connectivity index (χ1n) is 7.47. The highest BCUT2D eigenvalue weighted by molar-refractivity contribution is 5.74. The molecule has 0 bridgehead atoms. The zero-order chi connectivity index (χ0) is 15.9. The summed E-state index contributed by atoms with van der Waals surface area (Å²) in [4.78, 5) is 18.8. The number of hydrogen-bond donors (Lipinski definition) is 3. The van der Waals surface area contributed by atoms with Crippen LogP contribution in [0.1, 0.15) is 49.3 Å². The molecule has 0 aliphatic carbocycles. The minimum atomic E-state index is -0.837. The van der Waals surface area contributed by atoms with Crippen LogP contribution in [0.3, 0.4) is 0 Å². The van der Waals surface area contributed by atoms with Crippen molar-refractivity contribution in [2.75, 3.05) is 0 Å². The van der Waals surface area contributed by atoms with Gasteiger partial charge in [0.05, 0.1) is 18.1 Å². The van der Waals surface area contributed by atoms with Crippen molar-refractivity contribution >= 4 is 5.97 Å². The molecule has 5 nitrogen and oxygen atoms in total.